The van der Waals surface area contributed by atoms with Crippen molar-refractivity contribution in [1.82, 2.24) is 9.97 Å². The van der Waals surface area contributed by atoms with Gasteiger partial charge in [-0.3, -0.25) is 0 Å². The first-order chi connectivity index (χ1) is 27.3. The van der Waals surface area contributed by atoms with Crippen LogP contribution in [0.1, 0.15) is 0 Å². The molecular formula is C52H35N3. The maximum atomic E-state index is 5.45. The van der Waals surface area contributed by atoms with Gasteiger partial charge in [-0.1, -0.05) is 170 Å². The number of nitrogens with zero attached hydrogens (tertiary/aromatic N) is 3. The van der Waals surface area contributed by atoms with E-state index >= 15 is 0 Å². The molecule has 0 spiro atoms. The van der Waals surface area contributed by atoms with Crippen LogP contribution in [0.4, 0.5) is 17.1 Å². The topological polar surface area (TPSA) is 29.0 Å². The van der Waals surface area contributed by atoms with Gasteiger partial charge in [-0.05, 0) is 80.9 Å². The van der Waals surface area contributed by atoms with E-state index in [-0.39, 0.29) is 0 Å². The van der Waals surface area contributed by atoms with Gasteiger partial charge in [0.05, 0.1) is 22.4 Å². The first-order valence-electron chi connectivity index (χ1n) is 18.7. The number of anilines is 3. The van der Waals surface area contributed by atoms with Crippen LogP contribution in [0.3, 0.4) is 0 Å². The number of fused-ring (bicyclic) bond motifs is 5. The molecule has 0 aliphatic carbocycles. The van der Waals surface area contributed by atoms with E-state index in [1.807, 2.05) is 12.1 Å². The number of aromatic nitrogens is 2. The third kappa shape index (κ3) is 6.08. The third-order valence-electron chi connectivity index (χ3n) is 10.4. The Balaban J connectivity index is 1.14. The molecular weight excluding hydrogens is 667 g/mol. The summed E-state index contributed by atoms with van der Waals surface area (Å²) in [6, 6.07) is 75.1. The summed E-state index contributed by atoms with van der Waals surface area (Å²) in [5, 5.41) is 4.53. The summed E-state index contributed by atoms with van der Waals surface area (Å²) in [6.07, 6.45) is 0. The third-order valence-corrected chi connectivity index (χ3v) is 10.4. The molecule has 0 N–H and O–H groups in total. The highest BCUT2D eigenvalue weighted by Gasteiger charge is 2.18. The van der Waals surface area contributed by atoms with Gasteiger partial charge in [0.2, 0.25) is 0 Å². The number of benzene rings is 9. The largest absolute Gasteiger partial charge is 0.310 e. The SMILES string of the molecule is c1ccc(-c2ccc(N(c3ccc(-c4ccccc4)cc3)c3ccc4c(ccc5ccc6nc(-c7ccccc7)c(-c7ccccc7)nc6c54)c3)cc2)cc1. The van der Waals surface area contributed by atoms with Gasteiger partial charge >= 0.3 is 0 Å². The summed E-state index contributed by atoms with van der Waals surface area (Å²) in [6.45, 7) is 0. The van der Waals surface area contributed by atoms with E-state index in [1.54, 1.807) is 0 Å². The Morgan fingerprint density at radius 2 is 0.727 bits per heavy atom. The highest BCUT2D eigenvalue weighted by Crippen LogP contribution is 2.41. The Bertz CT molecular complexity index is 2840. The predicted molar refractivity (Wildman–Crippen MR) is 231 cm³/mol. The van der Waals surface area contributed by atoms with Crippen molar-refractivity contribution in [2.75, 3.05) is 4.90 Å². The van der Waals surface area contributed by atoms with Gasteiger partial charge < -0.3 is 4.90 Å². The van der Waals surface area contributed by atoms with E-state index in [4.69, 9.17) is 9.97 Å². The Morgan fingerprint density at radius 1 is 0.309 bits per heavy atom. The minimum atomic E-state index is 0.876. The second-order valence-electron chi connectivity index (χ2n) is 13.8. The van der Waals surface area contributed by atoms with Crippen molar-refractivity contribution in [2.24, 2.45) is 0 Å². The van der Waals surface area contributed by atoms with Gasteiger partial charge in [0.15, 0.2) is 0 Å². The first kappa shape index (κ1) is 32.3. The van der Waals surface area contributed by atoms with Crippen molar-refractivity contribution in [2.45, 2.75) is 0 Å². The molecule has 10 aromatic rings. The molecule has 0 aliphatic rings. The molecule has 0 atom stereocenters. The fourth-order valence-electron chi connectivity index (χ4n) is 7.70. The second-order valence-corrected chi connectivity index (χ2v) is 13.8. The van der Waals surface area contributed by atoms with Gasteiger partial charge in [-0.25, -0.2) is 9.97 Å². The van der Waals surface area contributed by atoms with Crippen LogP contribution in [-0.4, -0.2) is 9.97 Å². The standard InChI is InChI=1S/C52H35N3/c1-5-13-36(14-6-1)38-23-28-44(29-24-38)55(45-30-25-39(26-31-45)37-15-7-2-8-16-37)46-32-33-47-43(35-46)22-21-40-27-34-48-52(49(40)47)54-51(42-19-11-4-12-20-42)50(53-48)41-17-9-3-10-18-41/h1-35H. The van der Waals surface area contributed by atoms with Gasteiger partial charge in [0, 0.05) is 33.6 Å². The second kappa shape index (κ2) is 13.9. The summed E-state index contributed by atoms with van der Waals surface area (Å²) in [5.41, 5.74) is 13.7. The van der Waals surface area contributed by atoms with Crippen LogP contribution < -0.4 is 4.90 Å². The summed E-state index contributed by atoms with van der Waals surface area (Å²) in [7, 11) is 0. The molecule has 0 aliphatic heterocycles. The molecule has 1 heterocycles. The zero-order valence-electron chi connectivity index (χ0n) is 30.0. The highest BCUT2D eigenvalue weighted by atomic mass is 15.1. The fraction of sp³-hybridized carbons (Fsp3) is 0. The van der Waals surface area contributed by atoms with Crippen molar-refractivity contribution < 1.29 is 0 Å². The van der Waals surface area contributed by atoms with E-state index in [0.717, 1.165) is 72.2 Å². The number of rotatable bonds is 7. The van der Waals surface area contributed by atoms with Crippen LogP contribution in [0, 0.1) is 0 Å². The van der Waals surface area contributed by atoms with Crippen LogP contribution in [0.5, 0.6) is 0 Å². The average molecular weight is 702 g/mol. The molecule has 258 valence electrons. The van der Waals surface area contributed by atoms with E-state index < -0.39 is 0 Å². The average Bonchev–Trinajstić information content (AvgIpc) is 3.27. The van der Waals surface area contributed by atoms with Crippen molar-refractivity contribution in [3.63, 3.8) is 0 Å². The van der Waals surface area contributed by atoms with Crippen molar-refractivity contribution >= 4 is 49.6 Å². The van der Waals surface area contributed by atoms with Gasteiger partial charge in [-0.2, -0.15) is 0 Å². The monoisotopic (exact) mass is 701 g/mol. The van der Waals surface area contributed by atoms with Crippen LogP contribution >= 0.6 is 0 Å². The highest BCUT2D eigenvalue weighted by molar-refractivity contribution is 6.19. The lowest BCUT2D eigenvalue weighted by Crippen LogP contribution is -2.09. The summed E-state index contributed by atoms with van der Waals surface area (Å²) in [5.74, 6) is 0. The van der Waals surface area contributed by atoms with Gasteiger partial charge in [0.1, 0.15) is 0 Å². The molecule has 0 unspecified atom stereocenters. The Morgan fingerprint density at radius 3 is 1.25 bits per heavy atom. The van der Waals surface area contributed by atoms with Gasteiger partial charge in [-0.15, -0.1) is 0 Å². The predicted octanol–water partition coefficient (Wildman–Crippen LogP) is 14.1. The van der Waals surface area contributed by atoms with Crippen LogP contribution in [0.15, 0.2) is 212 Å². The lowest BCUT2D eigenvalue weighted by molar-refractivity contribution is 1.29. The molecule has 3 nitrogen and oxygen atoms in total. The molecule has 0 saturated carbocycles. The lowest BCUT2D eigenvalue weighted by Gasteiger charge is -2.26. The number of hydrogen-bond donors (Lipinski definition) is 0. The zero-order valence-corrected chi connectivity index (χ0v) is 30.0. The Kier molecular flexibility index (Phi) is 8.16. The summed E-state index contributed by atoms with van der Waals surface area (Å²) >= 11 is 0. The van der Waals surface area contributed by atoms with E-state index in [9.17, 15) is 0 Å². The number of hydrogen-bond acceptors (Lipinski definition) is 3. The molecule has 55 heavy (non-hydrogen) atoms. The quantitative estimate of drug-likeness (QED) is 0.155. The fourth-order valence-corrected chi connectivity index (χ4v) is 7.70. The minimum absolute atomic E-state index is 0.876. The lowest BCUT2D eigenvalue weighted by atomic mass is 9.98. The minimum Gasteiger partial charge on any atom is -0.310 e. The summed E-state index contributed by atoms with van der Waals surface area (Å²) in [4.78, 5) is 13.1. The molecule has 0 saturated heterocycles. The van der Waals surface area contributed by atoms with Crippen LogP contribution in [-0.2, 0) is 0 Å². The Hall–Kier alpha value is -7.36. The van der Waals surface area contributed by atoms with Crippen LogP contribution in [0.25, 0.3) is 77.3 Å². The smallest absolute Gasteiger partial charge is 0.0979 e. The molecule has 10 rings (SSSR count). The molecule has 0 bridgehead atoms. The van der Waals surface area contributed by atoms with Crippen molar-refractivity contribution in [3.8, 4) is 44.8 Å². The van der Waals surface area contributed by atoms with Gasteiger partial charge in [0.25, 0.3) is 0 Å². The van der Waals surface area contributed by atoms with Crippen molar-refractivity contribution in [3.05, 3.63) is 212 Å². The normalized spacial score (nSPS) is 11.3. The molecule has 1 aromatic heterocycles. The van der Waals surface area contributed by atoms with E-state index in [1.165, 1.54) is 22.3 Å². The summed E-state index contributed by atoms with van der Waals surface area (Å²) < 4.78 is 0. The zero-order chi connectivity index (χ0) is 36.6. The molecule has 0 amide bonds. The molecule has 9 aromatic carbocycles. The van der Waals surface area contributed by atoms with E-state index in [2.05, 4.69) is 205 Å². The van der Waals surface area contributed by atoms with Crippen LogP contribution in [0.2, 0.25) is 0 Å². The Labute approximate surface area is 320 Å². The maximum Gasteiger partial charge on any atom is 0.0979 e. The first-order valence-corrected chi connectivity index (χ1v) is 18.7. The van der Waals surface area contributed by atoms with Crippen molar-refractivity contribution in [1.29, 1.82) is 0 Å². The van der Waals surface area contributed by atoms with E-state index in [0.29, 0.717) is 0 Å². The molecule has 3 heteroatoms. The molecule has 0 radical (unpaired) electrons. The maximum absolute atomic E-state index is 5.45. The molecule has 0 fully saturated rings.